The van der Waals surface area contributed by atoms with Crippen LogP contribution in [0, 0.1) is 11.8 Å². The van der Waals surface area contributed by atoms with E-state index in [9.17, 15) is 4.79 Å². The summed E-state index contributed by atoms with van der Waals surface area (Å²) in [7, 11) is 0. The maximum atomic E-state index is 10.8. The van der Waals surface area contributed by atoms with Gasteiger partial charge in [0.1, 0.15) is 0 Å². The summed E-state index contributed by atoms with van der Waals surface area (Å²) in [5, 5.41) is 8.91. The molecule has 2 nitrogen and oxygen atoms in total. The predicted molar refractivity (Wildman–Crippen MR) is 91.3 cm³/mol. The van der Waals surface area contributed by atoms with Crippen LogP contribution in [0.1, 0.15) is 80.6 Å². The Kier molecular flexibility index (Phi) is 6.95. The maximum absolute atomic E-state index is 10.8. The van der Waals surface area contributed by atoms with Crippen molar-refractivity contribution < 1.29 is 9.90 Å². The highest BCUT2D eigenvalue weighted by molar-refractivity contribution is 5.87. The predicted octanol–water partition coefficient (Wildman–Crippen LogP) is 5.70. The number of hydrogen-bond donors (Lipinski definition) is 1. The molecule has 0 spiro atoms. The van der Waals surface area contributed by atoms with E-state index in [-0.39, 0.29) is 0 Å². The molecule has 0 unspecified atom stereocenters. The van der Waals surface area contributed by atoms with Crippen LogP contribution in [0.3, 0.4) is 0 Å². The smallest absolute Gasteiger partial charge is 0.335 e. The number of rotatable bonds is 8. The van der Waals surface area contributed by atoms with Crippen molar-refractivity contribution in [3.05, 3.63) is 35.4 Å². The fraction of sp³-hybridized carbons (Fsp3) is 0.650. The molecule has 122 valence electrons. The number of benzene rings is 1. The molecule has 1 saturated carbocycles. The Morgan fingerprint density at radius 2 is 1.59 bits per heavy atom. The molecular formula is C20H30O2. The van der Waals surface area contributed by atoms with Crippen LogP contribution in [-0.4, -0.2) is 11.1 Å². The van der Waals surface area contributed by atoms with E-state index in [1.807, 2.05) is 12.1 Å². The molecule has 0 atom stereocenters. The molecule has 0 radical (unpaired) electrons. The van der Waals surface area contributed by atoms with Crippen LogP contribution in [0.4, 0.5) is 0 Å². The van der Waals surface area contributed by atoms with E-state index in [1.54, 1.807) is 12.1 Å². The molecule has 1 aliphatic carbocycles. The van der Waals surface area contributed by atoms with E-state index in [0.29, 0.717) is 5.56 Å². The van der Waals surface area contributed by atoms with Gasteiger partial charge in [0.25, 0.3) is 0 Å². The Morgan fingerprint density at radius 3 is 2.14 bits per heavy atom. The first-order chi connectivity index (χ1) is 10.7. The molecule has 0 saturated heterocycles. The molecule has 0 amide bonds. The Labute approximate surface area is 134 Å². The molecule has 1 N–H and O–H groups in total. The van der Waals surface area contributed by atoms with Crippen molar-refractivity contribution in [1.82, 2.24) is 0 Å². The van der Waals surface area contributed by atoms with Crippen LogP contribution >= 0.6 is 0 Å². The topological polar surface area (TPSA) is 37.3 Å². The number of unbranched alkanes of at least 4 members (excludes halogenated alkanes) is 2. The van der Waals surface area contributed by atoms with Gasteiger partial charge in [-0.05, 0) is 42.4 Å². The first-order valence-corrected chi connectivity index (χ1v) is 9.01. The van der Waals surface area contributed by atoms with Gasteiger partial charge >= 0.3 is 5.97 Å². The fourth-order valence-electron chi connectivity index (χ4n) is 3.68. The number of carbonyl (C=O) groups is 1. The summed E-state index contributed by atoms with van der Waals surface area (Å²) < 4.78 is 0. The Bertz CT molecular complexity index is 441. The second kappa shape index (κ2) is 8.97. The quantitative estimate of drug-likeness (QED) is 0.625. The van der Waals surface area contributed by atoms with E-state index in [4.69, 9.17) is 5.11 Å². The first kappa shape index (κ1) is 17.1. The van der Waals surface area contributed by atoms with E-state index < -0.39 is 5.97 Å². The Balaban J connectivity index is 1.67. The second-order valence-corrected chi connectivity index (χ2v) is 6.92. The molecule has 22 heavy (non-hydrogen) atoms. The molecule has 1 fully saturated rings. The van der Waals surface area contributed by atoms with Crippen LogP contribution in [-0.2, 0) is 6.42 Å². The molecule has 2 rings (SSSR count). The number of carboxylic acid groups (broad SMARTS) is 1. The maximum Gasteiger partial charge on any atom is 0.335 e. The summed E-state index contributed by atoms with van der Waals surface area (Å²) in [6.45, 7) is 2.28. The van der Waals surface area contributed by atoms with Crippen LogP contribution in [0.15, 0.2) is 24.3 Å². The summed E-state index contributed by atoms with van der Waals surface area (Å²) in [6.07, 6.45) is 13.6. The highest BCUT2D eigenvalue weighted by Crippen LogP contribution is 2.34. The largest absolute Gasteiger partial charge is 0.478 e. The zero-order valence-corrected chi connectivity index (χ0v) is 13.9. The second-order valence-electron chi connectivity index (χ2n) is 6.92. The molecule has 2 heteroatoms. The number of carboxylic acids is 1. The van der Waals surface area contributed by atoms with Crippen molar-refractivity contribution in [2.75, 3.05) is 0 Å². The minimum Gasteiger partial charge on any atom is -0.478 e. The lowest BCUT2D eigenvalue weighted by molar-refractivity contribution is 0.0697. The average Bonchev–Trinajstić information content (AvgIpc) is 2.55. The van der Waals surface area contributed by atoms with Gasteiger partial charge in [-0.1, -0.05) is 70.4 Å². The van der Waals surface area contributed by atoms with E-state index in [2.05, 4.69) is 6.92 Å². The van der Waals surface area contributed by atoms with Gasteiger partial charge in [0.2, 0.25) is 0 Å². The molecule has 1 aromatic rings. The molecule has 1 aliphatic rings. The minimum absolute atomic E-state index is 0.385. The van der Waals surface area contributed by atoms with Gasteiger partial charge in [0.15, 0.2) is 0 Å². The first-order valence-electron chi connectivity index (χ1n) is 9.01. The highest BCUT2D eigenvalue weighted by Gasteiger charge is 2.20. The molecule has 0 bridgehead atoms. The van der Waals surface area contributed by atoms with Gasteiger partial charge in [0.05, 0.1) is 5.56 Å². The SMILES string of the molecule is CCCCC[C@H]1CC[C@H](CCc2ccc(C(=O)O)cc2)CC1. The number of hydrogen-bond acceptors (Lipinski definition) is 1. The molecular weight excluding hydrogens is 272 g/mol. The van der Waals surface area contributed by atoms with E-state index >= 15 is 0 Å². The monoisotopic (exact) mass is 302 g/mol. The van der Waals surface area contributed by atoms with Gasteiger partial charge in [-0.15, -0.1) is 0 Å². The summed E-state index contributed by atoms with van der Waals surface area (Å²) in [5.41, 5.74) is 1.66. The number of aromatic carboxylic acids is 1. The molecule has 0 heterocycles. The molecule has 0 aliphatic heterocycles. The Hall–Kier alpha value is -1.31. The molecule has 0 aromatic heterocycles. The normalized spacial score (nSPS) is 21.7. The lowest BCUT2D eigenvalue weighted by atomic mass is 9.78. The van der Waals surface area contributed by atoms with Gasteiger partial charge in [-0.3, -0.25) is 0 Å². The van der Waals surface area contributed by atoms with Gasteiger partial charge in [-0.2, -0.15) is 0 Å². The lowest BCUT2D eigenvalue weighted by Crippen LogP contribution is -2.15. The van der Waals surface area contributed by atoms with Crippen LogP contribution in [0.5, 0.6) is 0 Å². The third kappa shape index (κ3) is 5.47. The third-order valence-electron chi connectivity index (χ3n) is 5.22. The lowest BCUT2D eigenvalue weighted by Gasteiger charge is -2.28. The number of aryl methyl sites for hydroxylation is 1. The van der Waals surface area contributed by atoms with E-state index in [0.717, 1.165) is 18.3 Å². The minimum atomic E-state index is -0.840. The fourth-order valence-corrected chi connectivity index (χ4v) is 3.68. The average molecular weight is 302 g/mol. The Morgan fingerprint density at radius 1 is 1.00 bits per heavy atom. The van der Waals surface area contributed by atoms with Gasteiger partial charge in [0, 0.05) is 0 Å². The van der Waals surface area contributed by atoms with Crippen molar-refractivity contribution in [2.24, 2.45) is 11.8 Å². The van der Waals surface area contributed by atoms with Crippen LogP contribution in [0.2, 0.25) is 0 Å². The van der Waals surface area contributed by atoms with Crippen molar-refractivity contribution in [2.45, 2.75) is 71.1 Å². The van der Waals surface area contributed by atoms with Gasteiger partial charge in [-0.25, -0.2) is 4.79 Å². The van der Waals surface area contributed by atoms with Gasteiger partial charge < -0.3 is 5.11 Å². The third-order valence-corrected chi connectivity index (χ3v) is 5.22. The van der Waals surface area contributed by atoms with Crippen molar-refractivity contribution in [1.29, 1.82) is 0 Å². The summed E-state index contributed by atoms with van der Waals surface area (Å²) in [5.74, 6) is 1.02. The van der Waals surface area contributed by atoms with E-state index in [1.165, 1.54) is 63.4 Å². The standard InChI is InChI=1S/C20H30O2/c1-2-3-4-5-16-6-8-17(9-7-16)10-11-18-12-14-19(15-13-18)20(21)22/h12-17H,2-11H2,1H3,(H,21,22)/t16-,17-. The summed E-state index contributed by atoms with van der Waals surface area (Å²) >= 11 is 0. The van der Waals surface area contributed by atoms with Crippen molar-refractivity contribution >= 4 is 5.97 Å². The van der Waals surface area contributed by atoms with Crippen molar-refractivity contribution in [3.8, 4) is 0 Å². The summed E-state index contributed by atoms with van der Waals surface area (Å²) in [6, 6.07) is 7.39. The zero-order chi connectivity index (χ0) is 15.8. The zero-order valence-electron chi connectivity index (χ0n) is 13.9. The van der Waals surface area contributed by atoms with Crippen LogP contribution < -0.4 is 0 Å². The molecule has 1 aromatic carbocycles. The van der Waals surface area contributed by atoms with Crippen LogP contribution in [0.25, 0.3) is 0 Å². The summed E-state index contributed by atoms with van der Waals surface area (Å²) in [4.78, 5) is 10.8. The van der Waals surface area contributed by atoms with Crippen molar-refractivity contribution in [3.63, 3.8) is 0 Å². The highest BCUT2D eigenvalue weighted by atomic mass is 16.4.